The molecule has 0 atom stereocenters. The number of nitrogens with zero attached hydrogens (tertiary/aromatic N) is 2. The first-order valence-electron chi connectivity index (χ1n) is 10.2. The fraction of sp³-hybridized carbons (Fsp3) is 0.375. The zero-order chi connectivity index (χ0) is 20.2. The fourth-order valence-electron chi connectivity index (χ4n) is 3.88. The number of benzene rings is 2. The lowest BCUT2D eigenvalue weighted by molar-refractivity contribution is 0.341. The molecule has 0 amide bonds. The molecule has 1 aliphatic heterocycles. The second-order valence-corrected chi connectivity index (χ2v) is 7.46. The van der Waals surface area contributed by atoms with Crippen molar-refractivity contribution in [1.82, 2.24) is 9.88 Å². The highest BCUT2D eigenvalue weighted by Gasteiger charge is 2.16. The van der Waals surface area contributed by atoms with Crippen LogP contribution in [0.15, 0.2) is 46.9 Å². The van der Waals surface area contributed by atoms with Gasteiger partial charge in [0.25, 0.3) is 0 Å². The maximum atomic E-state index is 5.97. The van der Waals surface area contributed by atoms with E-state index in [0.29, 0.717) is 5.89 Å². The van der Waals surface area contributed by atoms with Gasteiger partial charge in [-0.15, -0.1) is 0 Å². The Bertz CT molecular complexity index is 957. The molecule has 1 saturated heterocycles. The van der Waals surface area contributed by atoms with Gasteiger partial charge in [0.2, 0.25) is 5.89 Å². The molecule has 3 aromatic rings. The third kappa shape index (κ3) is 4.30. The monoisotopic (exact) mass is 392 g/mol. The van der Waals surface area contributed by atoms with Gasteiger partial charge in [-0.1, -0.05) is 12.1 Å². The van der Waals surface area contributed by atoms with Gasteiger partial charge in [-0.25, -0.2) is 4.98 Å². The third-order valence-electron chi connectivity index (χ3n) is 5.61. The molecule has 152 valence electrons. The number of ether oxygens (including phenoxy) is 2. The number of methoxy groups -OCH3 is 2. The number of rotatable bonds is 7. The van der Waals surface area contributed by atoms with Crippen LogP contribution in [0.4, 0.5) is 0 Å². The van der Waals surface area contributed by atoms with E-state index in [9.17, 15) is 0 Å². The molecule has 0 aliphatic carbocycles. The topological polar surface area (TPSA) is 47.7 Å². The van der Waals surface area contributed by atoms with E-state index in [0.717, 1.165) is 52.6 Å². The van der Waals surface area contributed by atoms with E-state index in [1.54, 1.807) is 14.2 Å². The van der Waals surface area contributed by atoms with Gasteiger partial charge >= 0.3 is 0 Å². The molecule has 0 N–H and O–H groups in total. The van der Waals surface area contributed by atoms with Crippen molar-refractivity contribution in [3.05, 3.63) is 53.9 Å². The molecule has 1 aliphatic rings. The fourth-order valence-corrected chi connectivity index (χ4v) is 3.88. The highest BCUT2D eigenvalue weighted by atomic mass is 16.5. The summed E-state index contributed by atoms with van der Waals surface area (Å²) >= 11 is 0. The second-order valence-electron chi connectivity index (χ2n) is 7.46. The summed E-state index contributed by atoms with van der Waals surface area (Å²) in [5.74, 6) is 3.17. The normalized spacial score (nSPS) is 14.3. The minimum absolute atomic E-state index is 0.687. The maximum absolute atomic E-state index is 5.97. The van der Waals surface area contributed by atoms with Crippen molar-refractivity contribution in [1.29, 1.82) is 0 Å². The molecule has 0 saturated carbocycles. The molecular formula is C24H28N2O3. The van der Waals surface area contributed by atoms with E-state index in [1.807, 2.05) is 25.1 Å². The lowest BCUT2D eigenvalue weighted by atomic mass is 10.0. The van der Waals surface area contributed by atoms with Crippen LogP contribution in [0.25, 0.3) is 22.6 Å². The molecule has 0 bridgehead atoms. The molecule has 0 unspecified atom stereocenters. The molecule has 0 spiro atoms. The number of aromatic nitrogens is 1. The Morgan fingerprint density at radius 1 is 0.966 bits per heavy atom. The van der Waals surface area contributed by atoms with E-state index in [4.69, 9.17) is 18.9 Å². The lowest BCUT2D eigenvalue weighted by Gasteiger charge is -2.12. The van der Waals surface area contributed by atoms with Gasteiger partial charge in [0, 0.05) is 30.2 Å². The van der Waals surface area contributed by atoms with Crippen LogP contribution in [0.1, 0.15) is 24.3 Å². The number of aryl methyl sites for hydroxylation is 1. The first-order valence-corrected chi connectivity index (χ1v) is 10.2. The molecule has 4 rings (SSSR count). The van der Waals surface area contributed by atoms with Crippen molar-refractivity contribution in [3.8, 4) is 34.1 Å². The highest BCUT2D eigenvalue weighted by molar-refractivity contribution is 5.73. The summed E-state index contributed by atoms with van der Waals surface area (Å²) in [7, 11) is 3.33. The molecule has 5 heteroatoms. The third-order valence-corrected chi connectivity index (χ3v) is 5.61. The Morgan fingerprint density at radius 3 is 2.38 bits per heavy atom. The van der Waals surface area contributed by atoms with Crippen molar-refractivity contribution in [3.63, 3.8) is 0 Å². The van der Waals surface area contributed by atoms with E-state index in [2.05, 4.69) is 29.2 Å². The predicted molar refractivity (Wildman–Crippen MR) is 115 cm³/mol. The molecule has 2 heterocycles. The van der Waals surface area contributed by atoms with Crippen molar-refractivity contribution >= 4 is 0 Å². The van der Waals surface area contributed by atoms with Crippen LogP contribution >= 0.6 is 0 Å². The van der Waals surface area contributed by atoms with Crippen molar-refractivity contribution in [2.75, 3.05) is 33.9 Å². The zero-order valence-corrected chi connectivity index (χ0v) is 17.4. The van der Waals surface area contributed by atoms with E-state index in [-0.39, 0.29) is 0 Å². The number of hydrogen-bond acceptors (Lipinski definition) is 5. The summed E-state index contributed by atoms with van der Waals surface area (Å²) in [5, 5.41) is 0. The summed E-state index contributed by atoms with van der Waals surface area (Å²) in [6, 6.07) is 14.1. The van der Waals surface area contributed by atoms with Gasteiger partial charge in [-0.3, -0.25) is 0 Å². The summed E-state index contributed by atoms with van der Waals surface area (Å²) in [5.41, 5.74) is 4.14. The Labute approximate surface area is 172 Å². The van der Waals surface area contributed by atoms with Gasteiger partial charge in [-0.2, -0.15) is 0 Å². The summed E-state index contributed by atoms with van der Waals surface area (Å²) < 4.78 is 16.8. The van der Waals surface area contributed by atoms with Crippen molar-refractivity contribution in [2.24, 2.45) is 0 Å². The van der Waals surface area contributed by atoms with Gasteiger partial charge in [0.15, 0.2) is 0 Å². The van der Waals surface area contributed by atoms with Crippen LogP contribution in [-0.4, -0.2) is 43.7 Å². The van der Waals surface area contributed by atoms with Crippen LogP contribution in [0, 0.1) is 6.92 Å². The van der Waals surface area contributed by atoms with Crippen molar-refractivity contribution in [2.45, 2.75) is 26.2 Å². The van der Waals surface area contributed by atoms with Gasteiger partial charge < -0.3 is 18.8 Å². The molecule has 1 fully saturated rings. The van der Waals surface area contributed by atoms with E-state index < -0.39 is 0 Å². The minimum atomic E-state index is 0.687. The van der Waals surface area contributed by atoms with Gasteiger partial charge in [-0.05, 0) is 62.7 Å². The summed E-state index contributed by atoms with van der Waals surface area (Å²) in [4.78, 5) is 7.27. The van der Waals surface area contributed by atoms with Crippen LogP contribution in [0.2, 0.25) is 0 Å². The number of likely N-dealkylation sites (tertiary alicyclic amines) is 1. The average Bonchev–Trinajstić information content (AvgIpc) is 3.41. The Hall–Kier alpha value is -2.79. The summed E-state index contributed by atoms with van der Waals surface area (Å²) in [6.07, 6.45) is 3.57. The molecule has 1 aromatic heterocycles. The molecule has 5 nitrogen and oxygen atoms in total. The quantitative estimate of drug-likeness (QED) is 0.568. The Kier molecular flexibility index (Phi) is 5.86. The highest BCUT2D eigenvalue weighted by Crippen LogP contribution is 2.34. The predicted octanol–water partition coefficient (Wildman–Crippen LogP) is 4.97. The molecular weight excluding hydrogens is 364 g/mol. The van der Waals surface area contributed by atoms with Crippen LogP contribution < -0.4 is 9.47 Å². The first kappa shape index (κ1) is 19.5. The van der Waals surface area contributed by atoms with E-state index >= 15 is 0 Å². The maximum Gasteiger partial charge on any atom is 0.226 e. The Morgan fingerprint density at radius 2 is 1.69 bits per heavy atom. The molecule has 2 aromatic carbocycles. The Balaban J connectivity index is 1.51. The van der Waals surface area contributed by atoms with E-state index in [1.165, 1.54) is 25.9 Å². The zero-order valence-electron chi connectivity index (χ0n) is 17.4. The average molecular weight is 392 g/mol. The van der Waals surface area contributed by atoms with Gasteiger partial charge in [0.1, 0.15) is 17.3 Å². The van der Waals surface area contributed by atoms with Crippen LogP contribution in [0.5, 0.6) is 11.5 Å². The molecule has 0 radical (unpaired) electrons. The van der Waals surface area contributed by atoms with Crippen LogP contribution in [-0.2, 0) is 6.42 Å². The lowest BCUT2D eigenvalue weighted by Crippen LogP contribution is -2.22. The summed E-state index contributed by atoms with van der Waals surface area (Å²) in [6.45, 7) is 5.48. The largest absolute Gasteiger partial charge is 0.497 e. The smallest absolute Gasteiger partial charge is 0.226 e. The van der Waals surface area contributed by atoms with Crippen molar-refractivity contribution < 1.29 is 13.9 Å². The number of hydrogen-bond donors (Lipinski definition) is 0. The standard InChI is InChI=1S/C24H28N2O3/c1-17-22(12-15-26-13-4-5-14-26)25-24(29-17)19-8-6-18(7-9-19)21-11-10-20(27-2)16-23(21)28-3/h6-11,16H,4-5,12-15H2,1-3H3. The number of oxazole rings is 1. The minimum Gasteiger partial charge on any atom is -0.497 e. The van der Waals surface area contributed by atoms with Gasteiger partial charge in [0.05, 0.1) is 19.9 Å². The second kappa shape index (κ2) is 8.70. The van der Waals surface area contributed by atoms with Crippen LogP contribution in [0.3, 0.4) is 0 Å². The molecule has 29 heavy (non-hydrogen) atoms. The SMILES string of the molecule is COc1ccc(-c2ccc(-c3nc(CCN4CCCC4)c(C)o3)cc2)c(OC)c1. The first-order chi connectivity index (χ1) is 14.2.